The summed E-state index contributed by atoms with van der Waals surface area (Å²) < 4.78 is 45.9. The minimum atomic E-state index is -0.542. The van der Waals surface area contributed by atoms with Gasteiger partial charge in [0.1, 0.15) is 23.8 Å². The highest BCUT2D eigenvalue weighted by atomic mass is 19.1. The molecule has 1 saturated heterocycles. The maximum absolute atomic E-state index is 15.1. The summed E-state index contributed by atoms with van der Waals surface area (Å²) >= 11 is 0. The minimum Gasteiger partial charge on any atom is -0.374 e. The fourth-order valence-corrected chi connectivity index (χ4v) is 4.13. The Balaban J connectivity index is 1.37. The third-order valence-corrected chi connectivity index (χ3v) is 5.94. The lowest BCUT2D eigenvalue weighted by Crippen LogP contribution is -2.37. The lowest BCUT2D eigenvalue weighted by molar-refractivity contribution is -0.227. The number of benzene rings is 3. The summed E-state index contributed by atoms with van der Waals surface area (Å²) in [6.07, 6.45) is 2.20. The van der Waals surface area contributed by atoms with Crippen molar-refractivity contribution in [2.24, 2.45) is 0 Å². The van der Waals surface area contributed by atoms with Crippen molar-refractivity contribution in [2.45, 2.75) is 45.0 Å². The summed E-state index contributed by atoms with van der Waals surface area (Å²) in [4.78, 5) is 0. The summed E-state index contributed by atoms with van der Waals surface area (Å²) in [7, 11) is 0. The summed E-state index contributed by atoms with van der Waals surface area (Å²) in [6.45, 7) is 3.68. The predicted molar refractivity (Wildman–Crippen MR) is 122 cm³/mol. The van der Waals surface area contributed by atoms with Crippen molar-refractivity contribution < 1.29 is 23.0 Å². The molecule has 33 heavy (non-hydrogen) atoms. The Morgan fingerprint density at radius 1 is 0.970 bits per heavy atom. The number of ether oxygens (including phenoxy) is 3. The second-order valence-corrected chi connectivity index (χ2v) is 8.23. The molecule has 0 aliphatic carbocycles. The molecule has 0 unspecified atom stereocenters. The molecule has 0 amide bonds. The molecule has 1 aliphatic heterocycles. The average Bonchev–Trinajstić information content (AvgIpc) is 2.83. The zero-order chi connectivity index (χ0) is 23.2. The van der Waals surface area contributed by atoms with Crippen molar-refractivity contribution in [3.8, 4) is 6.07 Å². The van der Waals surface area contributed by atoms with Crippen LogP contribution < -0.4 is 0 Å². The van der Waals surface area contributed by atoms with Crippen LogP contribution >= 0.6 is 0 Å². The average molecular weight is 452 g/mol. The molecular formula is C27H27F2NO3. The van der Waals surface area contributed by atoms with Crippen LogP contribution in [0.25, 0.3) is 10.8 Å². The number of aryl methyl sites for hydroxylation is 3. The van der Waals surface area contributed by atoms with E-state index in [2.05, 4.69) is 0 Å². The molecule has 0 N–H and O–H groups in total. The van der Waals surface area contributed by atoms with Crippen molar-refractivity contribution >= 4 is 10.8 Å². The second-order valence-electron chi connectivity index (χ2n) is 8.23. The van der Waals surface area contributed by atoms with Crippen LogP contribution in [0.5, 0.6) is 0 Å². The highest BCUT2D eigenvalue weighted by molar-refractivity contribution is 5.84. The Labute approximate surface area is 192 Å². The smallest absolute Gasteiger partial charge is 0.158 e. The van der Waals surface area contributed by atoms with Crippen LogP contribution in [0.2, 0.25) is 0 Å². The molecule has 1 fully saturated rings. The molecule has 0 spiro atoms. The van der Waals surface area contributed by atoms with Gasteiger partial charge in [0, 0.05) is 18.4 Å². The lowest BCUT2D eigenvalue weighted by Gasteiger charge is -2.29. The van der Waals surface area contributed by atoms with Gasteiger partial charge < -0.3 is 14.2 Å². The van der Waals surface area contributed by atoms with Crippen molar-refractivity contribution in [3.63, 3.8) is 0 Å². The van der Waals surface area contributed by atoms with Gasteiger partial charge in [0.2, 0.25) is 0 Å². The van der Waals surface area contributed by atoms with E-state index in [1.807, 2.05) is 37.3 Å². The van der Waals surface area contributed by atoms with Crippen molar-refractivity contribution in [1.29, 1.82) is 5.26 Å². The summed E-state index contributed by atoms with van der Waals surface area (Å²) in [5.74, 6) is -0.784. The van der Waals surface area contributed by atoms with E-state index in [4.69, 9.17) is 19.5 Å². The summed E-state index contributed by atoms with van der Waals surface area (Å²) in [5, 5.41) is 10.3. The Hall–Kier alpha value is -2.85. The maximum Gasteiger partial charge on any atom is 0.158 e. The van der Waals surface area contributed by atoms with Crippen LogP contribution in [-0.4, -0.2) is 32.2 Å². The normalized spacial score (nSPS) is 18.4. The molecule has 0 atom stereocenters. The first-order valence-electron chi connectivity index (χ1n) is 11.3. The number of rotatable bonds is 8. The van der Waals surface area contributed by atoms with Crippen LogP contribution in [0, 0.1) is 23.0 Å². The number of hydrogen-bond donors (Lipinski definition) is 0. The molecule has 0 saturated carbocycles. The van der Waals surface area contributed by atoms with Gasteiger partial charge in [0.05, 0.1) is 18.8 Å². The standard InChI is InChI=1S/C27H27F2NO3/c1-2-31-23-16-32-26(33-17-23)12-6-18-5-11-24-21(13-18)10-9-20(27(24)29)7-3-19-4-8-22(15-30)25(28)14-19/h4-5,8-11,13-14,23,26H,2-3,6-7,12,16-17H2,1H3. The van der Waals surface area contributed by atoms with Crippen molar-refractivity contribution in [2.75, 3.05) is 19.8 Å². The third kappa shape index (κ3) is 5.75. The number of nitriles is 1. The molecule has 1 heterocycles. The monoisotopic (exact) mass is 451 g/mol. The largest absolute Gasteiger partial charge is 0.374 e. The Morgan fingerprint density at radius 2 is 1.73 bits per heavy atom. The zero-order valence-corrected chi connectivity index (χ0v) is 18.7. The second kappa shape index (κ2) is 10.8. The molecule has 3 aromatic rings. The van der Waals surface area contributed by atoms with E-state index in [1.54, 1.807) is 12.1 Å². The highest BCUT2D eigenvalue weighted by Crippen LogP contribution is 2.25. The Kier molecular flexibility index (Phi) is 7.66. The van der Waals surface area contributed by atoms with E-state index in [-0.39, 0.29) is 23.8 Å². The maximum atomic E-state index is 15.1. The highest BCUT2D eigenvalue weighted by Gasteiger charge is 2.22. The van der Waals surface area contributed by atoms with Crippen molar-refractivity contribution in [1.82, 2.24) is 0 Å². The molecule has 172 valence electrons. The van der Waals surface area contributed by atoms with E-state index in [0.29, 0.717) is 43.6 Å². The first-order valence-corrected chi connectivity index (χ1v) is 11.3. The van der Waals surface area contributed by atoms with Crippen LogP contribution in [0.3, 0.4) is 0 Å². The van der Waals surface area contributed by atoms with Gasteiger partial charge in [-0.25, -0.2) is 8.78 Å². The van der Waals surface area contributed by atoms with Gasteiger partial charge in [-0.3, -0.25) is 0 Å². The van der Waals surface area contributed by atoms with Gasteiger partial charge in [0.25, 0.3) is 0 Å². The van der Waals surface area contributed by atoms with E-state index < -0.39 is 5.82 Å². The van der Waals surface area contributed by atoms with Gasteiger partial charge in [-0.1, -0.05) is 36.4 Å². The van der Waals surface area contributed by atoms with Gasteiger partial charge in [0.15, 0.2) is 6.29 Å². The Morgan fingerprint density at radius 3 is 2.45 bits per heavy atom. The summed E-state index contributed by atoms with van der Waals surface area (Å²) in [5.41, 5.74) is 2.44. The first-order chi connectivity index (χ1) is 16.1. The van der Waals surface area contributed by atoms with E-state index in [9.17, 15) is 4.39 Å². The predicted octanol–water partition coefficient (Wildman–Crippen LogP) is 5.49. The zero-order valence-electron chi connectivity index (χ0n) is 18.7. The molecule has 0 aromatic heterocycles. The van der Waals surface area contributed by atoms with Crippen molar-refractivity contribution in [3.05, 3.63) is 82.4 Å². The molecule has 3 aromatic carbocycles. The fraction of sp³-hybridized carbons (Fsp3) is 0.370. The van der Waals surface area contributed by atoms with Gasteiger partial charge in [-0.05, 0) is 60.4 Å². The summed E-state index contributed by atoms with van der Waals surface area (Å²) in [6, 6.07) is 15.8. The minimum absolute atomic E-state index is 0.0000231. The molecule has 0 radical (unpaired) electrons. The SMILES string of the molecule is CCOC1COC(CCc2ccc3c(F)c(CCc4ccc(C#N)c(F)c4)ccc3c2)OC1. The third-order valence-electron chi connectivity index (χ3n) is 5.94. The number of hydrogen-bond acceptors (Lipinski definition) is 4. The van der Waals surface area contributed by atoms with E-state index in [1.165, 1.54) is 12.1 Å². The first kappa shape index (κ1) is 23.3. The fourth-order valence-electron chi connectivity index (χ4n) is 4.13. The molecular weight excluding hydrogens is 424 g/mol. The van der Waals surface area contributed by atoms with E-state index >= 15 is 4.39 Å². The van der Waals surface area contributed by atoms with E-state index in [0.717, 1.165) is 29.4 Å². The number of nitrogens with zero attached hydrogens (tertiary/aromatic N) is 1. The van der Waals surface area contributed by atoms with Crippen LogP contribution in [0.15, 0.2) is 48.5 Å². The van der Waals surface area contributed by atoms with Crippen LogP contribution in [-0.2, 0) is 33.5 Å². The quantitative estimate of drug-likeness (QED) is 0.455. The molecule has 6 heteroatoms. The van der Waals surface area contributed by atoms with Gasteiger partial charge in [-0.15, -0.1) is 0 Å². The number of fused-ring (bicyclic) bond motifs is 1. The molecule has 0 bridgehead atoms. The van der Waals surface area contributed by atoms with Gasteiger partial charge >= 0.3 is 0 Å². The lowest BCUT2D eigenvalue weighted by atomic mass is 9.98. The topological polar surface area (TPSA) is 51.5 Å². The number of halogens is 2. The molecule has 4 nitrogen and oxygen atoms in total. The van der Waals surface area contributed by atoms with Gasteiger partial charge in [-0.2, -0.15) is 5.26 Å². The van der Waals surface area contributed by atoms with Crippen LogP contribution in [0.4, 0.5) is 8.78 Å². The Bertz CT molecular complexity index is 1150. The molecule has 1 aliphatic rings. The van der Waals surface area contributed by atoms with Crippen LogP contribution in [0.1, 0.15) is 35.6 Å². The molecule has 4 rings (SSSR count).